The van der Waals surface area contributed by atoms with Gasteiger partial charge in [0.25, 0.3) is 0 Å². The highest BCUT2D eigenvalue weighted by molar-refractivity contribution is 5.80. The summed E-state index contributed by atoms with van der Waals surface area (Å²) in [6.07, 6.45) is 1.02. The van der Waals surface area contributed by atoms with Crippen molar-refractivity contribution < 1.29 is 4.79 Å². The van der Waals surface area contributed by atoms with E-state index in [1.807, 2.05) is 0 Å². The largest absolute Gasteiger partial charge is 0.356 e. The van der Waals surface area contributed by atoms with Crippen LogP contribution in [0.5, 0.6) is 0 Å². The molecule has 1 amide bonds. The predicted octanol–water partition coefficient (Wildman–Crippen LogP) is 0.778. The first-order valence-corrected chi connectivity index (χ1v) is 3.49. The van der Waals surface area contributed by atoms with Crippen molar-refractivity contribution in [1.29, 1.82) is 0 Å². The molecule has 1 aliphatic rings. The van der Waals surface area contributed by atoms with Crippen LogP contribution in [0.4, 0.5) is 0 Å². The third-order valence-corrected chi connectivity index (χ3v) is 1.90. The van der Waals surface area contributed by atoms with Crippen molar-refractivity contribution in [2.75, 3.05) is 6.54 Å². The molecule has 1 heterocycles. The lowest BCUT2D eigenvalue weighted by Crippen LogP contribution is -2.22. The summed E-state index contributed by atoms with van der Waals surface area (Å²) in [5.41, 5.74) is 0. The quantitative estimate of drug-likeness (QED) is 0.554. The lowest BCUT2D eigenvalue weighted by atomic mass is 9.95. The third kappa shape index (κ3) is 1.23. The van der Waals surface area contributed by atoms with Gasteiger partial charge in [0.05, 0.1) is 0 Å². The fourth-order valence-electron chi connectivity index (χ4n) is 1.25. The fourth-order valence-corrected chi connectivity index (χ4v) is 1.25. The Balaban J connectivity index is 2.49. The molecule has 1 N–H and O–H groups in total. The molecule has 1 rings (SSSR count). The normalized spacial score (nSPS) is 27.0. The lowest BCUT2D eigenvalue weighted by molar-refractivity contribution is -0.123. The zero-order chi connectivity index (χ0) is 6.85. The van der Waals surface area contributed by atoms with E-state index in [1.165, 1.54) is 0 Å². The first kappa shape index (κ1) is 6.59. The summed E-state index contributed by atoms with van der Waals surface area (Å²) < 4.78 is 0. The number of carbonyl (C=O) groups excluding carboxylic acids is 1. The molecule has 1 fully saturated rings. The van der Waals surface area contributed by atoms with Gasteiger partial charge in [-0.25, -0.2) is 0 Å². The Morgan fingerprint density at radius 1 is 1.67 bits per heavy atom. The molecule has 0 aromatic carbocycles. The van der Waals surface area contributed by atoms with E-state index in [9.17, 15) is 4.79 Å². The highest BCUT2D eigenvalue weighted by Gasteiger charge is 2.26. The van der Waals surface area contributed by atoms with Gasteiger partial charge in [0.2, 0.25) is 5.91 Å². The minimum Gasteiger partial charge on any atom is -0.356 e. The molecule has 0 aromatic rings. The van der Waals surface area contributed by atoms with E-state index in [0.29, 0.717) is 5.92 Å². The molecule has 0 unspecified atom stereocenters. The Bertz CT molecular complexity index is 120. The van der Waals surface area contributed by atoms with Crippen molar-refractivity contribution in [3.63, 3.8) is 0 Å². The molecule has 2 nitrogen and oxygen atoms in total. The highest BCUT2D eigenvalue weighted by atomic mass is 16.2. The summed E-state index contributed by atoms with van der Waals surface area (Å²) >= 11 is 0. The smallest absolute Gasteiger partial charge is 0.223 e. The van der Waals surface area contributed by atoms with Crippen LogP contribution in [0, 0.1) is 11.8 Å². The Kier molecular flexibility index (Phi) is 1.74. The van der Waals surface area contributed by atoms with Gasteiger partial charge in [-0.3, -0.25) is 4.79 Å². The van der Waals surface area contributed by atoms with Gasteiger partial charge in [-0.2, -0.15) is 0 Å². The third-order valence-electron chi connectivity index (χ3n) is 1.90. The van der Waals surface area contributed by atoms with Gasteiger partial charge < -0.3 is 5.32 Å². The molecular formula is C7H13NO. The summed E-state index contributed by atoms with van der Waals surface area (Å²) in [5.74, 6) is 1.03. The van der Waals surface area contributed by atoms with Crippen LogP contribution in [-0.4, -0.2) is 12.5 Å². The number of amides is 1. The van der Waals surface area contributed by atoms with Crippen LogP contribution in [0.3, 0.4) is 0 Å². The maximum absolute atomic E-state index is 10.9. The summed E-state index contributed by atoms with van der Waals surface area (Å²) in [4.78, 5) is 10.9. The molecule has 52 valence electrons. The van der Waals surface area contributed by atoms with Gasteiger partial charge in [-0.15, -0.1) is 0 Å². The molecule has 9 heavy (non-hydrogen) atoms. The Morgan fingerprint density at radius 3 is 2.56 bits per heavy atom. The Labute approximate surface area is 55.6 Å². The van der Waals surface area contributed by atoms with Gasteiger partial charge in [-0.05, 0) is 12.3 Å². The molecule has 0 aromatic heterocycles. The molecule has 1 saturated heterocycles. The van der Waals surface area contributed by atoms with Crippen LogP contribution in [0.25, 0.3) is 0 Å². The molecule has 0 aliphatic carbocycles. The van der Waals surface area contributed by atoms with Crippen molar-refractivity contribution in [2.24, 2.45) is 11.8 Å². The number of carbonyl (C=O) groups is 1. The predicted molar refractivity (Wildman–Crippen MR) is 36.0 cm³/mol. The molecular weight excluding hydrogens is 114 g/mol. The number of hydrogen-bond acceptors (Lipinski definition) is 1. The molecule has 0 bridgehead atoms. The highest BCUT2D eigenvalue weighted by Crippen LogP contribution is 2.18. The fraction of sp³-hybridized carbons (Fsp3) is 0.857. The van der Waals surface area contributed by atoms with E-state index in [0.717, 1.165) is 13.0 Å². The maximum atomic E-state index is 10.9. The zero-order valence-electron chi connectivity index (χ0n) is 5.98. The monoisotopic (exact) mass is 127 g/mol. The van der Waals surface area contributed by atoms with Gasteiger partial charge >= 0.3 is 0 Å². The van der Waals surface area contributed by atoms with Gasteiger partial charge in [0, 0.05) is 12.5 Å². The van der Waals surface area contributed by atoms with Crippen molar-refractivity contribution in [3.8, 4) is 0 Å². The SMILES string of the molecule is CC(C)[C@H]1CCNC1=O. The zero-order valence-corrected chi connectivity index (χ0v) is 5.98. The summed E-state index contributed by atoms with van der Waals surface area (Å²) in [6.45, 7) is 5.06. The van der Waals surface area contributed by atoms with E-state index in [4.69, 9.17) is 0 Å². The second kappa shape index (κ2) is 2.38. The molecule has 2 heteroatoms. The van der Waals surface area contributed by atoms with Crippen LogP contribution in [0.1, 0.15) is 20.3 Å². The van der Waals surface area contributed by atoms with Crippen LogP contribution < -0.4 is 5.32 Å². The minimum absolute atomic E-state index is 0.241. The van der Waals surface area contributed by atoms with Crippen molar-refractivity contribution in [2.45, 2.75) is 20.3 Å². The van der Waals surface area contributed by atoms with Gasteiger partial charge in [0.15, 0.2) is 0 Å². The molecule has 0 radical (unpaired) electrons. The second-order valence-electron chi connectivity index (χ2n) is 2.93. The van der Waals surface area contributed by atoms with Crippen LogP contribution in [0.15, 0.2) is 0 Å². The van der Waals surface area contributed by atoms with Crippen molar-refractivity contribution in [3.05, 3.63) is 0 Å². The van der Waals surface area contributed by atoms with E-state index >= 15 is 0 Å². The maximum Gasteiger partial charge on any atom is 0.223 e. The number of rotatable bonds is 1. The average Bonchev–Trinajstić information content (AvgIpc) is 2.13. The van der Waals surface area contributed by atoms with Gasteiger partial charge in [-0.1, -0.05) is 13.8 Å². The number of nitrogens with one attached hydrogen (secondary N) is 1. The van der Waals surface area contributed by atoms with Gasteiger partial charge in [0.1, 0.15) is 0 Å². The summed E-state index contributed by atoms with van der Waals surface area (Å²) in [6, 6.07) is 0. The van der Waals surface area contributed by atoms with E-state index in [-0.39, 0.29) is 11.8 Å². The Morgan fingerprint density at radius 2 is 2.33 bits per heavy atom. The first-order chi connectivity index (χ1) is 4.22. The lowest BCUT2D eigenvalue weighted by Gasteiger charge is -2.08. The van der Waals surface area contributed by atoms with Crippen molar-refractivity contribution >= 4 is 5.91 Å². The average molecular weight is 127 g/mol. The molecule has 0 saturated carbocycles. The minimum atomic E-state index is 0.241. The standard InChI is InChI=1S/C7H13NO/c1-5(2)6-3-4-8-7(6)9/h5-6H,3-4H2,1-2H3,(H,8,9)/t6-/m1/s1. The summed E-state index contributed by atoms with van der Waals surface area (Å²) in [7, 11) is 0. The van der Waals surface area contributed by atoms with Crippen LogP contribution in [0.2, 0.25) is 0 Å². The van der Waals surface area contributed by atoms with Crippen LogP contribution in [-0.2, 0) is 4.79 Å². The number of hydrogen-bond donors (Lipinski definition) is 1. The second-order valence-corrected chi connectivity index (χ2v) is 2.93. The topological polar surface area (TPSA) is 29.1 Å². The molecule has 1 aliphatic heterocycles. The van der Waals surface area contributed by atoms with E-state index in [2.05, 4.69) is 19.2 Å². The Hall–Kier alpha value is -0.530. The van der Waals surface area contributed by atoms with Crippen LogP contribution >= 0.6 is 0 Å². The van der Waals surface area contributed by atoms with E-state index in [1.54, 1.807) is 0 Å². The summed E-state index contributed by atoms with van der Waals surface area (Å²) in [5, 5.41) is 2.81. The molecule has 1 atom stereocenters. The van der Waals surface area contributed by atoms with E-state index < -0.39 is 0 Å². The molecule has 0 spiro atoms. The first-order valence-electron chi connectivity index (χ1n) is 3.49. The van der Waals surface area contributed by atoms with Crippen molar-refractivity contribution in [1.82, 2.24) is 5.32 Å².